The molecule has 0 radical (unpaired) electrons. The summed E-state index contributed by atoms with van der Waals surface area (Å²) in [7, 11) is 5.04. The zero-order chi connectivity index (χ0) is 44.9. The molecule has 0 spiro atoms. The molecule has 2 aromatic rings. The summed E-state index contributed by atoms with van der Waals surface area (Å²) in [4.78, 5) is 83.7. The van der Waals surface area contributed by atoms with Crippen LogP contribution in [0.1, 0.15) is 115 Å². The molecule has 14 heteroatoms. The number of nitrogens with zero attached hydrogens (tertiary/aromatic N) is 3. The lowest BCUT2D eigenvalue weighted by atomic mass is 9.76. The second-order valence-corrected chi connectivity index (χ2v) is 19.2. The Balaban J connectivity index is 2.57. The lowest BCUT2D eigenvalue weighted by Gasteiger charge is -2.42. The van der Waals surface area contributed by atoms with Crippen molar-refractivity contribution in [1.82, 2.24) is 25.0 Å². The van der Waals surface area contributed by atoms with E-state index >= 15 is 0 Å². The fraction of sp³-hybridized carbons (Fsp3) is 0.636. The highest BCUT2D eigenvalue weighted by atomic mass is 16.6. The molecule has 0 saturated heterocycles. The number of esters is 1. The van der Waals surface area contributed by atoms with Crippen molar-refractivity contribution < 1.29 is 43.3 Å². The summed E-state index contributed by atoms with van der Waals surface area (Å²) in [6, 6.07) is 3.72. The molecule has 0 saturated carbocycles. The van der Waals surface area contributed by atoms with Gasteiger partial charge in [0.25, 0.3) is 0 Å². The van der Waals surface area contributed by atoms with Gasteiger partial charge in [0.05, 0.1) is 6.04 Å². The third-order valence-corrected chi connectivity index (χ3v) is 9.89. The van der Waals surface area contributed by atoms with Crippen LogP contribution in [0.5, 0.6) is 0 Å². The second kappa shape index (κ2) is 18.8. The Morgan fingerprint density at radius 2 is 1.40 bits per heavy atom. The molecule has 1 aromatic carbocycles. The predicted octanol–water partition coefficient (Wildman–Crippen LogP) is 6.34. The third-order valence-electron chi connectivity index (χ3n) is 9.89. The Morgan fingerprint density at radius 3 is 1.90 bits per heavy atom. The van der Waals surface area contributed by atoms with Crippen molar-refractivity contribution in [3.05, 3.63) is 47.7 Å². The lowest BCUT2D eigenvalue weighted by Crippen LogP contribution is -2.63. The standard InChI is InChI=1S/C44H69N5O9/c1-26(2)32(24-27(3)36(52)45-30(22-23-33(50)51)39(55)57-42(7,8)9)48(16)38(54)34(41(4,5)6)46-37(53)35(49(17)40(56)58-43(10,11)12)44(13,14)29-25-47(15)31-21-19-18-20-28(29)31/h18-21,24-26,30,32,34-35H,22-23H2,1-17H3,(H,45,52)(H,46,53)(H,50,51)/b27-24+/t30-,32-,34?,35-/m1/s1. The zero-order valence-corrected chi connectivity index (χ0v) is 37.8. The smallest absolute Gasteiger partial charge is 0.410 e. The van der Waals surface area contributed by atoms with Crippen molar-refractivity contribution >= 4 is 46.7 Å². The molecule has 3 N–H and O–H groups in total. The van der Waals surface area contributed by atoms with Crippen LogP contribution >= 0.6 is 0 Å². The van der Waals surface area contributed by atoms with Crippen LogP contribution in [0.4, 0.5) is 4.79 Å². The highest BCUT2D eigenvalue weighted by molar-refractivity contribution is 5.97. The minimum atomic E-state index is -1.21. The largest absolute Gasteiger partial charge is 0.481 e. The predicted molar refractivity (Wildman–Crippen MR) is 225 cm³/mol. The number of para-hydroxylation sites is 1. The maximum Gasteiger partial charge on any atom is 0.410 e. The number of fused-ring (bicyclic) bond motifs is 1. The maximum atomic E-state index is 14.8. The summed E-state index contributed by atoms with van der Waals surface area (Å²) >= 11 is 0. The van der Waals surface area contributed by atoms with Crippen LogP contribution in [0, 0.1) is 11.3 Å². The van der Waals surface area contributed by atoms with Gasteiger partial charge in [-0.15, -0.1) is 0 Å². The van der Waals surface area contributed by atoms with Crippen molar-refractivity contribution in [2.24, 2.45) is 18.4 Å². The average molecular weight is 812 g/mol. The number of likely N-dealkylation sites (N-methyl/N-ethyl adjacent to an activating group) is 2. The number of carbonyl (C=O) groups is 6. The van der Waals surface area contributed by atoms with E-state index in [9.17, 15) is 33.9 Å². The van der Waals surface area contributed by atoms with Gasteiger partial charge in [-0.3, -0.25) is 24.1 Å². The number of aliphatic carboxylic acids is 1. The molecule has 0 fully saturated rings. The minimum Gasteiger partial charge on any atom is -0.481 e. The number of ether oxygens (including phenoxy) is 2. The molecule has 1 heterocycles. The van der Waals surface area contributed by atoms with E-state index in [2.05, 4.69) is 10.6 Å². The highest BCUT2D eigenvalue weighted by Gasteiger charge is 2.47. The quantitative estimate of drug-likeness (QED) is 0.137. The monoisotopic (exact) mass is 812 g/mol. The van der Waals surface area contributed by atoms with E-state index < -0.39 is 82.0 Å². The summed E-state index contributed by atoms with van der Waals surface area (Å²) in [6.45, 7) is 24.8. The van der Waals surface area contributed by atoms with Gasteiger partial charge in [-0.25, -0.2) is 9.59 Å². The first-order valence-corrected chi connectivity index (χ1v) is 19.8. The molecule has 4 atom stereocenters. The van der Waals surface area contributed by atoms with Crippen LogP contribution in [-0.4, -0.2) is 105 Å². The Labute approximate surface area is 345 Å². The summed E-state index contributed by atoms with van der Waals surface area (Å²) in [5.74, 6) is -3.72. The van der Waals surface area contributed by atoms with Gasteiger partial charge < -0.3 is 34.7 Å². The Kier molecular flexibility index (Phi) is 16.0. The molecule has 0 aliphatic heterocycles. The van der Waals surface area contributed by atoms with Crippen molar-refractivity contribution in [2.45, 2.75) is 151 Å². The first-order chi connectivity index (χ1) is 26.3. The summed E-state index contributed by atoms with van der Waals surface area (Å²) in [6.07, 6.45) is 2.32. The number of rotatable bonds is 15. The van der Waals surface area contributed by atoms with Gasteiger partial charge >= 0.3 is 18.0 Å². The molecule has 4 amide bonds. The number of aryl methyl sites for hydroxylation is 1. The molecule has 2 rings (SSSR count). The molecule has 324 valence electrons. The molecule has 0 bridgehead atoms. The molecular weight excluding hydrogens is 743 g/mol. The van der Waals surface area contributed by atoms with Gasteiger partial charge in [0.1, 0.15) is 29.3 Å². The van der Waals surface area contributed by atoms with Crippen molar-refractivity contribution in [1.29, 1.82) is 0 Å². The number of aromatic nitrogens is 1. The van der Waals surface area contributed by atoms with Crippen LogP contribution in [0.25, 0.3) is 10.9 Å². The Morgan fingerprint density at radius 1 is 0.845 bits per heavy atom. The number of carbonyl (C=O) groups excluding carboxylic acids is 5. The van der Waals surface area contributed by atoms with E-state index in [-0.39, 0.29) is 24.3 Å². The van der Waals surface area contributed by atoms with Crippen LogP contribution in [-0.2, 0) is 45.9 Å². The molecule has 1 aromatic heterocycles. The molecule has 0 aliphatic rings. The van der Waals surface area contributed by atoms with Crippen molar-refractivity contribution in [2.75, 3.05) is 14.1 Å². The van der Waals surface area contributed by atoms with Gasteiger partial charge in [-0.2, -0.15) is 0 Å². The van der Waals surface area contributed by atoms with Crippen LogP contribution < -0.4 is 10.6 Å². The number of hydrogen-bond donors (Lipinski definition) is 3. The maximum absolute atomic E-state index is 14.8. The third kappa shape index (κ3) is 13.1. The van der Waals surface area contributed by atoms with E-state index in [1.807, 2.05) is 90.5 Å². The zero-order valence-electron chi connectivity index (χ0n) is 37.8. The van der Waals surface area contributed by atoms with Crippen LogP contribution in [0.15, 0.2) is 42.1 Å². The number of carboxylic acid groups (broad SMARTS) is 1. The summed E-state index contributed by atoms with van der Waals surface area (Å²) in [5, 5.41) is 15.8. The first kappa shape index (κ1) is 49.3. The summed E-state index contributed by atoms with van der Waals surface area (Å²) in [5.41, 5.74) is -1.55. The molecule has 0 aliphatic carbocycles. The minimum absolute atomic E-state index is 0.177. The van der Waals surface area contributed by atoms with Crippen LogP contribution in [0.3, 0.4) is 0 Å². The fourth-order valence-corrected chi connectivity index (χ4v) is 6.89. The normalized spacial score (nSPS) is 14.9. The lowest BCUT2D eigenvalue weighted by molar-refractivity contribution is -0.158. The highest BCUT2D eigenvalue weighted by Crippen LogP contribution is 2.37. The van der Waals surface area contributed by atoms with E-state index in [0.717, 1.165) is 16.5 Å². The van der Waals surface area contributed by atoms with Crippen molar-refractivity contribution in [3.63, 3.8) is 0 Å². The molecular formula is C44H69N5O9. The van der Waals surface area contributed by atoms with E-state index in [0.29, 0.717) is 0 Å². The van der Waals surface area contributed by atoms with Gasteiger partial charge in [0.15, 0.2) is 0 Å². The first-order valence-electron chi connectivity index (χ1n) is 19.8. The molecule has 1 unspecified atom stereocenters. The fourth-order valence-electron chi connectivity index (χ4n) is 6.89. The van der Waals surface area contributed by atoms with Crippen LogP contribution in [0.2, 0.25) is 0 Å². The Hall–Kier alpha value is -4.88. The molecule has 14 nitrogen and oxygen atoms in total. The number of nitrogens with one attached hydrogen (secondary N) is 2. The number of benzene rings is 1. The summed E-state index contributed by atoms with van der Waals surface area (Å²) < 4.78 is 13.2. The van der Waals surface area contributed by atoms with Gasteiger partial charge in [0.2, 0.25) is 17.7 Å². The van der Waals surface area contributed by atoms with Gasteiger partial charge in [-0.1, -0.05) is 72.7 Å². The number of hydrogen-bond acceptors (Lipinski definition) is 8. The second-order valence-electron chi connectivity index (χ2n) is 19.2. The topological polar surface area (TPSA) is 177 Å². The Bertz CT molecular complexity index is 1860. The van der Waals surface area contributed by atoms with E-state index in [1.54, 1.807) is 61.6 Å². The van der Waals surface area contributed by atoms with Gasteiger partial charge in [-0.05, 0) is 77.8 Å². The van der Waals surface area contributed by atoms with E-state index in [1.165, 1.54) is 16.8 Å². The van der Waals surface area contributed by atoms with E-state index in [4.69, 9.17) is 9.47 Å². The van der Waals surface area contributed by atoms with Crippen molar-refractivity contribution in [3.8, 4) is 0 Å². The molecule has 58 heavy (non-hydrogen) atoms. The SMILES string of the molecule is C/C(=C\[C@H](C(C)C)N(C)C(=O)C(NC(=O)[C@@H](N(C)C(=O)OC(C)(C)C)C(C)(C)c1cn(C)c2ccccc12)C(C)(C)C)C(=O)N[C@H](CCC(=O)O)C(=O)OC(C)(C)C. The average Bonchev–Trinajstić information content (AvgIpc) is 3.41. The number of amides is 4. The van der Waals surface area contributed by atoms with Gasteiger partial charge in [0, 0.05) is 55.7 Å². The number of carboxylic acids is 1.